The van der Waals surface area contributed by atoms with E-state index in [2.05, 4.69) is 31.5 Å². The summed E-state index contributed by atoms with van der Waals surface area (Å²) in [6.07, 6.45) is 2.55. The van der Waals surface area contributed by atoms with Gasteiger partial charge in [0.25, 0.3) is 11.8 Å². The summed E-state index contributed by atoms with van der Waals surface area (Å²) in [5.41, 5.74) is 1.52. The smallest absolute Gasteiger partial charge is 0.265 e. The number of amides is 2. The van der Waals surface area contributed by atoms with E-state index in [0.29, 0.717) is 22.7 Å². The monoisotopic (exact) mass is 361 g/mol. The molecule has 22 heavy (non-hydrogen) atoms. The number of carbonyl (C=O) groups is 2. The normalized spacial score (nSPS) is 16.3. The Labute approximate surface area is 135 Å². The summed E-state index contributed by atoms with van der Waals surface area (Å²) in [6.45, 7) is 1.67. The first-order chi connectivity index (χ1) is 10.5. The number of benzene rings is 1. The highest BCUT2D eigenvalue weighted by Crippen LogP contribution is 2.32. The molecule has 0 fully saturated rings. The molecule has 2 aromatic rings. The Hall–Kier alpha value is -2.41. The van der Waals surface area contributed by atoms with Crippen LogP contribution in [0, 0.1) is 0 Å². The van der Waals surface area contributed by atoms with Gasteiger partial charge in [-0.25, -0.2) is 0 Å². The van der Waals surface area contributed by atoms with Crippen molar-refractivity contribution in [3.8, 4) is 5.75 Å². The van der Waals surface area contributed by atoms with Gasteiger partial charge in [0.05, 0.1) is 11.3 Å². The van der Waals surface area contributed by atoms with Crippen LogP contribution in [-0.2, 0) is 4.79 Å². The van der Waals surface area contributed by atoms with E-state index in [9.17, 15) is 9.59 Å². The third-order valence-corrected chi connectivity index (χ3v) is 3.57. The topological polar surface area (TPSA) is 80.3 Å². The molecule has 1 unspecified atom stereocenters. The Balaban J connectivity index is 1.80. The minimum Gasteiger partial charge on any atom is -0.479 e. The van der Waals surface area contributed by atoms with Crippen molar-refractivity contribution in [1.29, 1.82) is 0 Å². The lowest BCUT2D eigenvalue weighted by atomic mass is 10.2. The number of fused-ring (bicyclic) bond motifs is 1. The molecule has 2 heterocycles. The van der Waals surface area contributed by atoms with Crippen LogP contribution in [0.25, 0.3) is 0 Å². The summed E-state index contributed by atoms with van der Waals surface area (Å²) < 4.78 is 6.19. The van der Waals surface area contributed by atoms with Crippen molar-refractivity contribution in [1.82, 2.24) is 4.98 Å². The van der Waals surface area contributed by atoms with Crippen LogP contribution in [0.5, 0.6) is 5.75 Å². The van der Waals surface area contributed by atoms with Crippen molar-refractivity contribution in [3.05, 3.63) is 46.7 Å². The second-order valence-electron chi connectivity index (χ2n) is 4.81. The largest absolute Gasteiger partial charge is 0.479 e. The van der Waals surface area contributed by atoms with E-state index < -0.39 is 6.10 Å². The minimum atomic E-state index is -0.527. The fourth-order valence-electron chi connectivity index (χ4n) is 2.03. The predicted octanol–water partition coefficient (Wildman–Crippen LogP) is 2.82. The molecule has 1 aliphatic heterocycles. The van der Waals surface area contributed by atoms with Gasteiger partial charge in [0.2, 0.25) is 0 Å². The van der Waals surface area contributed by atoms with Crippen molar-refractivity contribution in [2.24, 2.45) is 0 Å². The molecular weight excluding hydrogens is 350 g/mol. The van der Waals surface area contributed by atoms with E-state index >= 15 is 0 Å². The molecule has 0 radical (unpaired) electrons. The lowest BCUT2D eigenvalue weighted by Crippen LogP contribution is -2.34. The van der Waals surface area contributed by atoms with E-state index in [1.807, 2.05) is 0 Å². The van der Waals surface area contributed by atoms with Crippen molar-refractivity contribution in [3.63, 3.8) is 0 Å². The first kappa shape index (κ1) is 14.5. The van der Waals surface area contributed by atoms with E-state index in [-0.39, 0.29) is 11.8 Å². The highest BCUT2D eigenvalue weighted by atomic mass is 79.9. The molecule has 2 amide bonds. The van der Waals surface area contributed by atoms with Gasteiger partial charge in [0.15, 0.2) is 6.10 Å². The fourth-order valence-corrected chi connectivity index (χ4v) is 2.39. The van der Waals surface area contributed by atoms with Crippen LogP contribution < -0.4 is 15.4 Å². The van der Waals surface area contributed by atoms with Crippen LogP contribution in [-0.4, -0.2) is 22.9 Å². The lowest BCUT2D eigenvalue weighted by Gasteiger charge is -2.23. The van der Waals surface area contributed by atoms with Crippen molar-refractivity contribution < 1.29 is 14.3 Å². The van der Waals surface area contributed by atoms with Gasteiger partial charge in [-0.2, -0.15) is 0 Å². The number of hydrogen-bond donors (Lipinski definition) is 2. The number of aromatic nitrogens is 1. The third-order valence-electron chi connectivity index (χ3n) is 3.14. The van der Waals surface area contributed by atoms with Crippen molar-refractivity contribution >= 4 is 39.1 Å². The summed E-state index contributed by atoms with van der Waals surface area (Å²) in [5.74, 6) is 0.0755. The molecule has 0 saturated carbocycles. The van der Waals surface area contributed by atoms with Gasteiger partial charge in [-0.05, 0) is 47.1 Å². The van der Waals surface area contributed by atoms with E-state index in [1.165, 1.54) is 6.20 Å². The van der Waals surface area contributed by atoms with E-state index in [4.69, 9.17) is 4.74 Å². The molecule has 1 aromatic carbocycles. The first-order valence-corrected chi connectivity index (χ1v) is 7.36. The average molecular weight is 362 g/mol. The summed E-state index contributed by atoms with van der Waals surface area (Å²) >= 11 is 3.27. The number of carbonyl (C=O) groups excluding carboxylic acids is 2. The number of pyridine rings is 1. The molecule has 112 valence electrons. The Morgan fingerprint density at radius 3 is 2.95 bits per heavy atom. The summed E-state index contributed by atoms with van der Waals surface area (Å²) in [4.78, 5) is 27.7. The Bertz CT molecular complexity index is 763. The lowest BCUT2D eigenvalue weighted by molar-refractivity contribution is -0.122. The molecule has 0 bridgehead atoms. The Morgan fingerprint density at radius 2 is 2.18 bits per heavy atom. The van der Waals surface area contributed by atoms with Crippen LogP contribution in [0.2, 0.25) is 0 Å². The highest BCUT2D eigenvalue weighted by molar-refractivity contribution is 9.10. The third kappa shape index (κ3) is 2.94. The number of nitrogens with zero attached hydrogens (tertiary/aromatic N) is 1. The van der Waals surface area contributed by atoms with Gasteiger partial charge in [0.1, 0.15) is 5.75 Å². The molecule has 0 saturated heterocycles. The molecular formula is C15H12BrN3O3. The predicted molar refractivity (Wildman–Crippen MR) is 85.1 cm³/mol. The van der Waals surface area contributed by atoms with Gasteiger partial charge in [-0.1, -0.05) is 0 Å². The number of anilines is 2. The number of rotatable bonds is 2. The fraction of sp³-hybridized carbons (Fsp3) is 0.133. The standard InChI is InChI=1S/C15H12BrN3O3/c1-8-14(20)19-12-5-11(2-3-13(12)22-8)18-15(21)9-4-10(16)7-17-6-9/h2-8H,1H3,(H,18,21)(H,19,20). The van der Waals surface area contributed by atoms with Gasteiger partial charge in [0, 0.05) is 22.6 Å². The summed E-state index contributed by atoms with van der Waals surface area (Å²) in [5, 5.41) is 5.49. The van der Waals surface area contributed by atoms with Crippen LogP contribution >= 0.6 is 15.9 Å². The molecule has 0 spiro atoms. The Kier molecular flexibility index (Phi) is 3.81. The number of hydrogen-bond acceptors (Lipinski definition) is 4. The second-order valence-corrected chi connectivity index (χ2v) is 5.72. The quantitative estimate of drug-likeness (QED) is 0.861. The van der Waals surface area contributed by atoms with Gasteiger partial charge in [-0.3, -0.25) is 14.6 Å². The summed E-state index contributed by atoms with van der Waals surface area (Å²) in [6, 6.07) is 6.75. The summed E-state index contributed by atoms with van der Waals surface area (Å²) in [7, 11) is 0. The van der Waals surface area contributed by atoms with E-state index in [1.54, 1.807) is 37.4 Å². The van der Waals surface area contributed by atoms with Gasteiger partial charge in [-0.15, -0.1) is 0 Å². The van der Waals surface area contributed by atoms with Crippen LogP contribution in [0.15, 0.2) is 41.1 Å². The maximum atomic E-state index is 12.2. The molecule has 6 nitrogen and oxygen atoms in total. The number of ether oxygens (including phenoxy) is 1. The zero-order valence-electron chi connectivity index (χ0n) is 11.6. The number of nitrogens with one attached hydrogen (secondary N) is 2. The van der Waals surface area contributed by atoms with Crippen LogP contribution in [0.4, 0.5) is 11.4 Å². The maximum absolute atomic E-state index is 12.2. The molecule has 1 aliphatic rings. The molecule has 1 atom stereocenters. The molecule has 3 rings (SSSR count). The second kappa shape index (κ2) is 5.76. The Morgan fingerprint density at radius 1 is 1.36 bits per heavy atom. The molecule has 7 heteroatoms. The van der Waals surface area contributed by atoms with Crippen molar-refractivity contribution in [2.75, 3.05) is 10.6 Å². The first-order valence-electron chi connectivity index (χ1n) is 6.56. The maximum Gasteiger partial charge on any atom is 0.265 e. The molecule has 0 aliphatic carbocycles. The van der Waals surface area contributed by atoms with Gasteiger partial charge < -0.3 is 15.4 Å². The zero-order chi connectivity index (χ0) is 15.7. The number of halogens is 1. The zero-order valence-corrected chi connectivity index (χ0v) is 13.2. The van der Waals surface area contributed by atoms with Gasteiger partial charge >= 0.3 is 0 Å². The highest BCUT2D eigenvalue weighted by Gasteiger charge is 2.23. The van der Waals surface area contributed by atoms with Crippen LogP contribution in [0.3, 0.4) is 0 Å². The van der Waals surface area contributed by atoms with Crippen molar-refractivity contribution in [2.45, 2.75) is 13.0 Å². The molecule has 1 aromatic heterocycles. The molecule has 2 N–H and O–H groups in total. The average Bonchev–Trinajstić information content (AvgIpc) is 2.49. The van der Waals surface area contributed by atoms with Crippen LogP contribution in [0.1, 0.15) is 17.3 Å². The van der Waals surface area contributed by atoms with E-state index in [0.717, 1.165) is 4.47 Å². The SMILES string of the molecule is CC1Oc2ccc(NC(=O)c3cncc(Br)c3)cc2NC1=O. The minimum absolute atomic E-state index is 0.216.